The molecule has 0 aromatic heterocycles. The van der Waals surface area contributed by atoms with Gasteiger partial charge >= 0.3 is 0 Å². The molecule has 3 rings (SSSR count). The molecule has 0 amide bonds. The lowest BCUT2D eigenvalue weighted by Crippen LogP contribution is -2.30. The minimum atomic E-state index is -0.0612. The zero-order valence-electron chi connectivity index (χ0n) is 11.9. The summed E-state index contributed by atoms with van der Waals surface area (Å²) in [6.45, 7) is 1.86. The van der Waals surface area contributed by atoms with Crippen molar-refractivity contribution >= 4 is 6.21 Å². The van der Waals surface area contributed by atoms with Gasteiger partial charge in [-0.2, -0.15) is 0 Å². The Kier molecular flexibility index (Phi) is 4.77. The summed E-state index contributed by atoms with van der Waals surface area (Å²) in [7, 11) is 0. The molecule has 0 saturated carbocycles. The normalized spacial score (nSPS) is 20.8. The van der Waals surface area contributed by atoms with Gasteiger partial charge in [0, 0.05) is 6.21 Å². The summed E-state index contributed by atoms with van der Waals surface area (Å²) < 4.78 is 11.9. The lowest BCUT2D eigenvalue weighted by molar-refractivity contribution is -0.0425. The maximum atomic E-state index is 5.94. The summed E-state index contributed by atoms with van der Waals surface area (Å²) >= 11 is 0. The fourth-order valence-electron chi connectivity index (χ4n) is 2.31. The third kappa shape index (κ3) is 4.00. The summed E-state index contributed by atoms with van der Waals surface area (Å²) in [6, 6.07) is 20.3. The first-order chi connectivity index (χ1) is 10.4. The number of ether oxygens (including phenoxy) is 2. The fourth-order valence-corrected chi connectivity index (χ4v) is 2.31. The van der Waals surface area contributed by atoms with E-state index < -0.39 is 0 Å². The van der Waals surface area contributed by atoms with Crippen molar-refractivity contribution in [2.75, 3.05) is 6.54 Å². The van der Waals surface area contributed by atoms with Gasteiger partial charge in [0.05, 0.1) is 19.8 Å². The van der Waals surface area contributed by atoms with Crippen LogP contribution in [0.15, 0.2) is 65.7 Å². The van der Waals surface area contributed by atoms with E-state index in [0.717, 1.165) is 0 Å². The summed E-state index contributed by atoms with van der Waals surface area (Å²) in [6.07, 6.45) is 1.81. The second-order valence-electron chi connectivity index (χ2n) is 5.11. The van der Waals surface area contributed by atoms with E-state index in [1.54, 1.807) is 0 Å². The second kappa shape index (κ2) is 7.16. The Morgan fingerprint density at radius 1 is 0.810 bits per heavy atom. The molecule has 0 radical (unpaired) electrons. The monoisotopic (exact) mass is 281 g/mol. The van der Waals surface area contributed by atoms with Crippen molar-refractivity contribution in [3.05, 3.63) is 71.8 Å². The van der Waals surface area contributed by atoms with Gasteiger partial charge in [-0.15, -0.1) is 0 Å². The molecule has 0 spiro atoms. The Labute approximate surface area is 125 Å². The van der Waals surface area contributed by atoms with E-state index in [1.807, 2.05) is 42.6 Å². The minimum Gasteiger partial charge on any atom is -0.368 e. The first kappa shape index (κ1) is 14.0. The smallest absolute Gasteiger partial charge is 0.120 e. The third-order valence-electron chi connectivity index (χ3n) is 3.50. The molecule has 0 unspecified atom stereocenters. The van der Waals surface area contributed by atoms with Crippen LogP contribution in [-0.4, -0.2) is 25.0 Å². The summed E-state index contributed by atoms with van der Waals surface area (Å²) in [4.78, 5) is 4.30. The van der Waals surface area contributed by atoms with Gasteiger partial charge in [0.25, 0.3) is 0 Å². The highest BCUT2D eigenvalue weighted by Gasteiger charge is 2.25. The fraction of sp³-hybridized carbons (Fsp3) is 0.278. The van der Waals surface area contributed by atoms with Gasteiger partial charge in [0.1, 0.15) is 12.2 Å². The number of rotatable bonds is 6. The number of hydrogen-bond acceptors (Lipinski definition) is 3. The van der Waals surface area contributed by atoms with E-state index in [9.17, 15) is 0 Å². The zero-order chi connectivity index (χ0) is 14.3. The molecule has 2 aromatic carbocycles. The van der Waals surface area contributed by atoms with Crippen molar-refractivity contribution in [2.45, 2.75) is 25.4 Å². The van der Waals surface area contributed by atoms with Crippen molar-refractivity contribution in [1.82, 2.24) is 0 Å². The van der Waals surface area contributed by atoms with Crippen LogP contribution in [0, 0.1) is 0 Å². The van der Waals surface area contributed by atoms with Crippen molar-refractivity contribution in [3.8, 4) is 0 Å². The molecule has 2 aromatic rings. The minimum absolute atomic E-state index is 0.00826. The van der Waals surface area contributed by atoms with Gasteiger partial charge in [-0.1, -0.05) is 60.7 Å². The third-order valence-corrected chi connectivity index (χ3v) is 3.50. The van der Waals surface area contributed by atoms with Gasteiger partial charge in [0.2, 0.25) is 0 Å². The Morgan fingerprint density at radius 3 is 2.00 bits per heavy atom. The number of nitrogens with zero attached hydrogens (tertiary/aromatic N) is 1. The molecular weight excluding hydrogens is 262 g/mol. The maximum Gasteiger partial charge on any atom is 0.120 e. The Bertz CT molecular complexity index is 568. The van der Waals surface area contributed by atoms with Crippen LogP contribution in [0.25, 0.3) is 0 Å². The molecule has 2 atom stereocenters. The van der Waals surface area contributed by atoms with Gasteiger partial charge in [-0.25, -0.2) is 0 Å². The van der Waals surface area contributed by atoms with Crippen LogP contribution in [0.5, 0.6) is 0 Å². The van der Waals surface area contributed by atoms with E-state index >= 15 is 0 Å². The predicted molar refractivity (Wildman–Crippen MR) is 83.4 cm³/mol. The van der Waals surface area contributed by atoms with Crippen LogP contribution in [-0.2, 0) is 22.7 Å². The van der Waals surface area contributed by atoms with Crippen LogP contribution >= 0.6 is 0 Å². The molecule has 21 heavy (non-hydrogen) atoms. The summed E-state index contributed by atoms with van der Waals surface area (Å²) in [5, 5.41) is 0. The maximum absolute atomic E-state index is 5.94. The Morgan fingerprint density at radius 2 is 1.38 bits per heavy atom. The largest absolute Gasteiger partial charge is 0.368 e. The molecule has 108 valence electrons. The van der Waals surface area contributed by atoms with Crippen molar-refractivity contribution in [2.24, 2.45) is 4.99 Å². The Balaban J connectivity index is 1.49. The number of benzene rings is 2. The molecular formula is C18H19NO2. The molecule has 3 heteroatoms. The molecule has 0 fully saturated rings. The topological polar surface area (TPSA) is 30.8 Å². The van der Waals surface area contributed by atoms with Crippen LogP contribution in [0.2, 0.25) is 0 Å². The molecule has 3 nitrogen and oxygen atoms in total. The standard InChI is InChI=1S/C18H19NO2/c1-3-7-15(8-4-1)13-20-17-11-19-12-18(17)21-14-16-9-5-2-6-10-16/h1-11,17-18H,12-14H2/t17-,18-/m0/s1. The van der Waals surface area contributed by atoms with Crippen molar-refractivity contribution < 1.29 is 9.47 Å². The lowest BCUT2D eigenvalue weighted by Gasteiger charge is -2.19. The average molecular weight is 281 g/mol. The lowest BCUT2D eigenvalue weighted by atomic mass is 10.2. The molecule has 1 heterocycles. The Hall–Kier alpha value is -1.97. The predicted octanol–water partition coefficient (Wildman–Crippen LogP) is 3.24. The van der Waals surface area contributed by atoms with Crippen LogP contribution in [0.3, 0.4) is 0 Å². The molecule has 1 aliphatic heterocycles. The van der Waals surface area contributed by atoms with E-state index in [-0.39, 0.29) is 12.2 Å². The van der Waals surface area contributed by atoms with Gasteiger partial charge in [-0.3, -0.25) is 4.99 Å². The first-order valence-electron chi connectivity index (χ1n) is 7.23. The van der Waals surface area contributed by atoms with Gasteiger partial charge < -0.3 is 9.47 Å². The highest BCUT2D eigenvalue weighted by molar-refractivity contribution is 5.66. The van der Waals surface area contributed by atoms with Crippen LogP contribution in [0.1, 0.15) is 11.1 Å². The highest BCUT2D eigenvalue weighted by Crippen LogP contribution is 2.14. The van der Waals surface area contributed by atoms with Crippen molar-refractivity contribution in [3.63, 3.8) is 0 Å². The molecule has 0 aliphatic carbocycles. The van der Waals surface area contributed by atoms with Crippen LogP contribution in [0.4, 0.5) is 0 Å². The number of hydrogen-bond donors (Lipinski definition) is 0. The van der Waals surface area contributed by atoms with Gasteiger partial charge in [-0.05, 0) is 11.1 Å². The molecule has 1 aliphatic rings. The SMILES string of the molecule is C1=NC[C@H](OCc2ccccc2)[C@H]1OCc1ccccc1. The average Bonchev–Trinajstić information content (AvgIpc) is 3.00. The summed E-state index contributed by atoms with van der Waals surface area (Å²) in [5.41, 5.74) is 2.34. The number of aliphatic imine (C=N–C) groups is 1. The summed E-state index contributed by atoms with van der Waals surface area (Å²) in [5.74, 6) is 0. The second-order valence-corrected chi connectivity index (χ2v) is 5.11. The van der Waals surface area contributed by atoms with E-state index in [2.05, 4.69) is 29.3 Å². The molecule has 0 bridgehead atoms. The van der Waals surface area contributed by atoms with Crippen molar-refractivity contribution in [1.29, 1.82) is 0 Å². The quantitative estimate of drug-likeness (QED) is 0.814. The van der Waals surface area contributed by atoms with E-state index in [1.165, 1.54) is 11.1 Å². The van der Waals surface area contributed by atoms with E-state index in [0.29, 0.717) is 19.8 Å². The zero-order valence-corrected chi connectivity index (χ0v) is 11.9. The first-order valence-corrected chi connectivity index (χ1v) is 7.23. The highest BCUT2D eigenvalue weighted by atomic mass is 16.5. The van der Waals surface area contributed by atoms with Crippen LogP contribution < -0.4 is 0 Å². The van der Waals surface area contributed by atoms with Gasteiger partial charge in [0.15, 0.2) is 0 Å². The molecule has 0 N–H and O–H groups in total. The van der Waals surface area contributed by atoms with E-state index in [4.69, 9.17) is 9.47 Å². The molecule has 0 saturated heterocycles.